The molecule has 1 aromatic rings. The number of sulfone groups is 1. The Morgan fingerprint density at radius 3 is 2.81 bits per heavy atom. The molecule has 1 aromatic heterocycles. The van der Waals surface area contributed by atoms with Crippen LogP contribution in [-0.4, -0.2) is 59.4 Å². The number of amides is 1. The maximum atomic E-state index is 12.5. The summed E-state index contributed by atoms with van der Waals surface area (Å²) >= 11 is 1.41. The molecule has 9 heteroatoms. The number of ether oxygens (including phenoxy) is 1. The van der Waals surface area contributed by atoms with Gasteiger partial charge in [0, 0.05) is 18.3 Å². The zero-order chi connectivity index (χ0) is 18.9. The Kier molecular flexibility index (Phi) is 5.98. The molecule has 0 aromatic carbocycles. The van der Waals surface area contributed by atoms with Gasteiger partial charge in [-0.25, -0.2) is 13.4 Å². The number of thioether (sulfide) groups is 1. The lowest BCUT2D eigenvalue weighted by molar-refractivity contribution is -0.120. The number of imidazole rings is 1. The maximum Gasteiger partial charge on any atom is 0.233 e. The summed E-state index contributed by atoms with van der Waals surface area (Å²) in [5.74, 6) is 0.0603. The van der Waals surface area contributed by atoms with Crippen molar-refractivity contribution in [1.29, 1.82) is 0 Å². The van der Waals surface area contributed by atoms with Crippen molar-refractivity contribution in [2.75, 3.05) is 18.1 Å². The molecule has 3 rings (SSSR count). The van der Waals surface area contributed by atoms with Crippen LogP contribution >= 0.6 is 11.8 Å². The van der Waals surface area contributed by atoms with Gasteiger partial charge in [-0.3, -0.25) is 4.79 Å². The predicted molar refractivity (Wildman–Crippen MR) is 101 cm³/mol. The van der Waals surface area contributed by atoms with Crippen LogP contribution in [0.3, 0.4) is 0 Å². The van der Waals surface area contributed by atoms with E-state index >= 15 is 0 Å². The Bertz CT molecular complexity index is 769. The molecular weight excluding hydrogens is 374 g/mol. The lowest BCUT2D eigenvalue weighted by Gasteiger charge is -2.18. The molecule has 7 nitrogen and oxygen atoms in total. The Morgan fingerprint density at radius 1 is 1.42 bits per heavy atom. The molecule has 0 spiro atoms. The summed E-state index contributed by atoms with van der Waals surface area (Å²) in [4.78, 5) is 17.1. The molecule has 2 fully saturated rings. The molecule has 2 aliphatic heterocycles. The molecule has 1 N–H and O–H groups in total. The third-order valence-corrected chi connectivity index (χ3v) is 7.92. The normalized spacial score (nSPS) is 26.1. The van der Waals surface area contributed by atoms with Crippen molar-refractivity contribution < 1.29 is 17.9 Å². The highest BCUT2D eigenvalue weighted by molar-refractivity contribution is 8.00. The van der Waals surface area contributed by atoms with Gasteiger partial charge in [0.15, 0.2) is 15.0 Å². The first-order valence-corrected chi connectivity index (χ1v) is 11.8. The molecule has 3 heterocycles. The second-order valence-corrected chi connectivity index (χ2v) is 10.7. The van der Waals surface area contributed by atoms with E-state index in [1.54, 1.807) is 0 Å². The van der Waals surface area contributed by atoms with E-state index in [1.807, 2.05) is 20.8 Å². The van der Waals surface area contributed by atoms with Gasteiger partial charge in [0.05, 0.1) is 35.1 Å². The van der Waals surface area contributed by atoms with Crippen molar-refractivity contribution in [2.45, 2.75) is 69.1 Å². The number of hydrogen-bond donors (Lipinski definition) is 1. The third kappa shape index (κ3) is 4.61. The van der Waals surface area contributed by atoms with Crippen LogP contribution in [0.5, 0.6) is 0 Å². The average molecular weight is 402 g/mol. The highest BCUT2D eigenvalue weighted by Gasteiger charge is 2.30. The van der Waals surface area contributed by atoms with Gasteiger partial charge in [0.25, 0.3) is 0 Å². The molecule has 0 aliphatic carbocycles. The number of aryl methyl sites for hydroxylation is 1. The summed E-state index contributed by atoms with van der Waals surface area (Å²) in [5, 5.41) is 3.34. The molecule has 0 unspecified atom stereocenters. The molecule has 3 atom stereocenters. The predicted octanol–water partition coefficient (Wildman–Crippen LogP) is 1.46. The van der Waals surface area contributed by atoms with E-state index in [2.05, 4.69) is 14.9 Å². The summed E-state index contributed by atoms with van der Waals surface area (Å²) in [6.07, 6.45) is 2.84. The highest BCUT2D eigenvalue weighted by Crippen LogP contribution is 2.27. The lowest BCUT2D eigenvalue weighted by atomic mass is 10.2. The van der Waals surface area contributed by atoms with Gasteiger partial charge >= 0.3 is 0 Å². The number of hydrogen-bond acceptors (Lipinski definition) is 6. The topological polar surface area (TPSA) is 90.3 Å². The van der Waals surface area contributed by atoms with Gasteiger partial charge in [-0.15, -0.1) is 0 Å². The zero-order valence-corrected chi connectivity index (χ0v) is 17.2. The van der Waals surface area contributed by atoms with Crippen LogP contribution in [0.1, 0.15) is 37.6 Å². The van der Waals surface area contributed by atoms with E-state index in [-0.39, 0.29) is 34.8 Å². The number of aromatic nitrogens is 2. The molecule has 0 saturated carbocycles. The molecule has 1 amide bonds. The van der Waals surface area contributed by atoms with E-state index in [4.69, 9.17) is 4.74 Å². The second-order valence-electron chi connectivity index (χ2n) is 7.18. The minimum Gasteiger partial charge on any atom is -0.376 e. The van der Waals surface area contributed by atoms with Gasteiger partial charge in [0.1, 0.15) is 0 Å². The summed E-state index contributed by atoms with van der Waals surface area (Å²) in [7, 11) is -3.00. The minimum absolute atomic E-state index is 0.0436. The second kappa shape index (κ2) is 7.90. The minimum atomic E-state index is -3.00. The Hall–Kier alpha value is -1.06. The van der Waals surface area contributed by atoms with Crippen molar-refractivity contribution in [2.24, 2.45) is 0 Å². The standard InChI is InChI=1S/C17H27N3O4S2/c1-11-12(2)20(9-15-5-4-7-24-15)17(18-11)25-13(3)16(21)19-14-6-8-26(22,23)10-14/h13-15H,4-10H2,1-3H3,(H,19,21)/t13-,14-,15+/m1/s1. The molecule has 26 heavy (non-hydrogen) atoms. The molecule has 0 bridgehead atoms. The van der Waals surface area contributed by atoms with E-state index in [0.29, 0.717) is 6.42 Å². The van der Waals surface area contributed by atoms with Crippen LogP contribution in [0.2, 0.25) is 0 Å². The molecular formula is C17H27N3O4S2. The highest BCUT2D eigenvalue weighted by atomic mass is 32.2. The first-order chi connectivity index (χ1) is 12.2. The van der Waals surface area contributed by atoms with Gasteiger partial charge in [-0.1, -0.05) is 11.8 Å². The van der Waals surface area contributed by atoms with Gasteiger partial charge in [-0.2, -0.15) is 0 Å². The quantitative estimate of drug-likeness (QED) is 0.726. The molecule has 146 valence electrons. The summed E-state index contributed by atoms with van der Waals surface area (Å²) < 4.78 is 31.0. The number of carbonyl (C=O) groups excluding carboxylic acids is 1. The number of nitrogens with zero attached hydrogens (tertiary/aromatic N) is 2. The van der Waals surface area contributed by atoms with Crippen molar-refractivity contribution in [3.63, 3.8) is 0 Å². The zero-order valence-electron chi connectivity index (χ0n) is 15.5. The Balaban J connectivity index is 1.63. The first kappa shape index (κ1) is 19.7. The number of nitrogens with one attached hydrogen (secondary N) is 1. The SMILES string of the molecule is Cc1nc(S[C@H](C)C(=O)N[C@@H]2CCS(=O)(=O)C2)n(C[C@@H]2CCCO2)c1C. The lowest BCUT2D eigenvalue weighted by Crippen LogP contribution is -2.40. The fourth-order valence-corrected chi connectivity index (χ4v) is 6.05. The van der Waals surface area contributed by atoms with Gasteiger partial charge in [0.2, 0.25) is 5.91 Å². The Labute approximate surface area is 159 Å². The van der Waals surface area contributed by atoms with Crippen LogP contribution in [0.15, 0.2) is 5.16 Å². The average Bonchev–Trinajstić information content (AvgIpc) is 3.25. The summed E-state index contributed by atoms with van der Waals surface area (Å²) in [6.45, 7) is 7.40. The van der Waals surface area contributed by atoms with Crippen LogP contribution in [0, 0.1) is 13.8 Å². The Morgan fingerprint density at radius 2 is 2.19 bits per heavy atom. The molecule has 0 radical (unpaired) electrons. The van der Waals surface area contributed by atoms with Gasteiger partial charge in [-0.05, 0) is 40.0 Å². The van der Waals surface area contributed by atoms with Crippen molar-refractivity contribution in [1.82, 2.24) is 14.9 Å². The van der Waals surface area contributed by atoms with Crippen molar-refractivity contribution in [3.8, 4) is 0 Å². The first-order valence-electron chi connectivity index (χ1n) is 9.08. The van der Waals surface area contributed by atoms with E-state index in [0.717, 1.165) is 42.5 Å². The summed E-state index contributed by atoms with van der Waals surface area (Å²) in [6, 6.07) is -0.273. The monoisotopic (exact) mass is 401 g/mol. The largest absolute Gasteiger partial charge is 0.376 e. The number of rotatable bonds is 6. The smallest absolute Gasteiger partial charge is 0.233 e. The maximum absolute atomic E-state index is 12.5. The van der Waals surface area contributed by atoms with Crippen LogP contribution < -0.4 is 5.32 Å². The number of carbonyl (C=O) groups is 1. The van der Waals surface area contributed by atoms with Gasteiger partial charge < -0.3 is 14.6 Å². The van der Waals surface area contributed by atoms with Crippen LogP contribution in [0.4, 0.5) is 0 Å². The van der Waals surface area contributed by atoms with E-state index < -0.39 is 9.84 Å². The fourth-order valence-electron chi connectivity index (χ4n) is 3.36. The van der Waals surface area contributed by atoms with Crippen LogP contribution in [-0.2, 0) is 25.9 Å². The fraction of sp³-hybridized carbons (Fsp3) is 0.765. The van der Waals surface area contributed by atoms with E-state index in [1.165, 1.54) is 11.8 Å². The van der Waals surface area contributed by atoms with Crippen molar-refractivity contribution >= 4 is 27.5 Å². The van der Waals surface area contributed by atoms with Crippen LogP contribution in [0.25, 0.3) is 0 Å². The third-order valence-electron chi connectivity index (χ3n) is 5.06. The molecule has 2 aliphatic rings. The van der Waals surface area contributed by atoms with Crippen molar-refractivity contribution in [3.05, 3.63) is 11.4 Å². The van der Waals surface area contributed by atoms with E-state index in [9.17, 15) is 13.2 Å². The molecule has 2 saturated heterocycles. The summed E-state index contributed by atoms with van der Waals surface area (Å²) in [5.41, 5.74) is 2.05.